The molecule has 4 saturated carbocycles. The van der Waals surface area contributed by atoms with Crippen molar-refractivity contribution < 1.29 is 14.6 Å². The Morgan fingerprint density at radius 2 is 1.71 bits per heavy atom. The van der Waals surface area contributed by atoms with Gasteiger partial charge in [0, 0.05) is 0 Å². The van der Waals surface area contributed by atoms with Crippen LogP contribution in [-0.2, 0) is 9.53 Å². The second-order valence-corrected chi connectivity index (χ2v) is 6.25. The molecule has 3 heteroatoms. The molecule has 0 aromatic carbocycles. The van der Waals surface area contributed by atoms with Gasteiger partial charge in [0.1, 0.15) is 12.2 Å². The topological polar surface area (TPSA) is 46.5 Å². The monoisotopic (exact) mass is 238 g/mol. The van der Waals surface area contributed by atoms with Gasteiger partial charge in [-0.1, -0.05) is 6.92 Å². The van der Waals surface area contributed by atoms with Gasteiger partial charge in [0.05, 0.1) is 0 Å². The van der Waals surface area contributed by atoms with E-state index in [9.17, 15) is 4.79 Å². The molecule has 0 atom stereocenters. The van der Waals surface area contributed by atoms with Crippen LogP contribution in [0, 0.1) is 23.7 Å². The summed E-state index contributed by atoms with van der Waals surface area (Å²) in [4.78, 5) is 11.5. The van der Waals surface area contributed by atoms with Crippen molar-refractivity contribution in [2.24, 2.45) is 23.7 Å². The number of esters is 1. The number of ether oxygens (including phenoxy) is 1. The van der Waals surface area contributed by atoms with Crippen molar-refractivity contribution in [1.29, 1.82) is 0 Å². The minimum Gasteiger partial charge on any atom is -0.457 e. The lowest BCUT2D eigenvalue weighted by atomic mass is 9.49. The number of rotatable bonds is 3. The Kier molecular flexibility index (Phi) is 2.69. The zero-order valence-corrected chi connectivity index (χ0v) is 10.5. The molecule has 0 unspecified atom stereocenters. The molecule has 0 spiro atoms. The number of hydrogen-bond acceptors (Lipinski definition) is 3. The highest BCUT2D eigenvalue weighted by molar-refractivity contribution is 5.71. The molecule has 4 fully saturated rings. The van der Waals surface area contributed by atoms with Crippen LogP contribution in [0.2, 0.25) is 0 Å². The van der Waals surface area contributed by atoms with Crippen molar-refractivity contribution >= 4 is 5.97 Å². The van der Waals surface area contributed by atoms with Gasteiger partial charge in [0.2, 0.25) is 0 Å². The zero-order valence-electron chi connectivity index (χ0n) is 10.5. The first-order chi connectivity index (χ1) is 8.18. The fourth-order valence-corrected chi connectivity index (χ4v) is 5.04. The number of carbonyl (C=O) groups is 1. The van der Waals surface area contributed by atoms with Gasteiger partial charge < -0.3 is 9.84 Å². The van der Waals surface area contributed by atoms with Gasteiger partial charge in [-0.25, -0.2) is 4.79 Å². The fraction of sp³-hybridized carbons (Fsp3) is 0.929. The summed E-state index contributed by atoms with van der Waals surface area (Å²) in [7, 11) is 0. The van der Waals surface area contributed by atoms with Gasteiger partial charge in [0.25, 0.3) is 0 Å². The molecule has 96 valence electrons. The average Bonchev–Trinajstić information content (AvgIpc) is 2.33. The first-order valence-electron chi connectivity index (χ1n) is 7.00. The summed E-state index contributed by atoms with van der Waals surface area (Å²) in [6, 6.07) is 0. The number of hydrogen-bond donors (Lipinski definition) is 1. The molecule has 17 heavy (non-hydrogen) atoms. The van der Waals surface area contributed by atoms with Gasteiger partial charge in [0.15, 0.2) is 0 Å². The first kappa shape index (κ1) is 11.5. The third kappa shape index (κ3) is 1.62. The highest BCUT2D eigenvalue weighted by Gasteiger charge is 2.58. The predicted molar refractivity (Wildman–Crippen MR) is 63.2 cm³/mol. The predicted octanol–water partition coefficient (Wildman–Crippen LogP) is 2.13. The third-order valence-electron chi connectivity index (χ3n) is 5.51. The van der Waals surface area contributed by atoms with E-state index in [1.807, 2.05) is 0 Å². The van der Waals surface area contributed by atoms with E-state index in [1.165, 1.54) is 32.1 Å². The Bertz CT molecular complexity index is 295. The quantitative estimate of drug-likeness (QED) is 0.766. The normalized spacial score (nSPS) is 47.2. The second-order valence-electron chi connectivity index (χ2n) is 6.25. The molecule has 0 aromatic rings. The van der Waals surface area contributed by atoms with Crippen LogP contribution in [-0.4, -0.2) is 23.3 Å². The lowest BCUT2D eigenvalue weighted by Gasteiger charge is -2.60. The number of aliphatic hydroxyl groups excluding tert-OH is 1. The van der Waals surface area contributed by atoms with Gasteiger partial charge in [-0.05, 0) is 62.2 Å². The van der Waals surface area contributed by atoms with Crippen LogP contribution in [0.5, 0.6) is 0 Å². The first-order valence-corrected chi connectivity index (χ1v) is 7.00. The molecule has 0 amide bonds. The van der Waals surface area contributed by atoms with E-state index in [1.54, 1.807) is 0 Å². The van der Waals surface area contributed by atoms with Crippen molar-refractivity contribution in [2.45, 2.75) is 51.0 Å². The van der Waals surface area contributed by atoms with Crippen LogP contribution >= 0.6 is 0 Å². The van der Waals surface area contributed by atoms with Crippen LogP contribution < -0.4 is 0 Å². The molecule has 0 radical (unpaired) electrons. The van der Waals surface area contributed by atoms with Crippen LogP contribution in [0.1, 0.15) is 45.4 Å². The summed E-state index contributed by atoms with van der Waals surface area (Å²) in [6.07, 6.45) is 7.26. The minimum atomic E-state index is -0.478. The molecule has 4 aliphatic carbocycles. The molecule has 3 nitrogen and oxygen atoms in total. The highest BCUT2D eigenvalue weighted by Crippen LogP contribution is 2.60. The number of carbonyl (C=O) groups excluding carboxylic acids is 1. The fourth-order valence-electron chi connectivity index (χ4n) is 5.04. The Morgan fingerprint density at radius 3 is 2.12 bits per heavy atom. The molecule has 1 N–H and O–H groups in total. The largest absolute Gasteiger partial charge is 0.457 e. The van der Waals surface area contributed by atoms with Crippen LogP contribution in [0.15, 0.2) is 0 Å². The highest BCUT2D eigenvalue weighted by atomic mass is 16.6. The average molecular weight is 238 g/mol. The molecule has 0 aromatic heterocycles. The summed E-state index contributed by atoms with van der Waals surface area (Å²) in [5.74, 6) is 2.44. The maximum atomic E-state index is 11.5. The molecule has 0 saturated heterocycles. The van der Waals surface area contributed by atoms with E-state index in [-0.39, 0.29) is 5.60 Å². The van der Waals surface area contributed by atoms with Gasteiger partial charge >= 0.3 is 5.97 Å². The molecule has 0 heterocycles. The van der Waals surface area contributed by atoms with Crippen LogP contribution in [0.4, 0.5) is 0 Å². The maximum Gasteiger partial charge on any atom is 0.332 e. The Labute approximate surface area is 103 Å². The lowest BCUT2D eigenvalue weighted by Crippen LogP contribution is -2.59. The van der Waals surface area contributed by atoms with Crippen molar-refractivity contribution in [3.63, 3.8) is 0 Å². The minimum absolute atomic E-state index is 0.243. The smallest absolute Gasteiger partial charge is 0.332 e. The van der Waals surface area contributed by atoms with Crippen LogP contribution in [0.25, 0.3) is 0 Å². The Morgan fingerprint density at radius 1 is 1.18 bits per heavy atom. The molecular weight excluding hydrogens is 216 g/mol. The van der Waals surface area contributed by atoms with E-state index in [0.717, 1.165) is 18.3 Å². The summed E-state index contributed by atoms with van der Waals surface area (Å²) in [5, 5.41) is 8.92. The second kappa shape index (κ2) is 3.98. The number of aliphatic hydroxyl groups is 1. The van der Waals surface area contributed by atoms with Crippen molar-refractivity contribution in [1.82, 2.24) is 0 Å². The Hall–Kier alpha value is -0.570. The van der Waals surface area contributed by atoms with Gasteiger partial charge in [-0.3, -0.25) is 0 Å². The Balaban J connectivity index is 1.86. The molecule has 4 aliphatic rings. The summed E-state index contributed by atoms with van der Waals surface area (Å²) in [6.45, 7) is 1.65. The maximum absolute atomic E-state index is 11.5. The van der Waals surface area contributed by atoms with E-state index in [2.05, 4.69) is 6.92 Å². The third-order valence-corrected chi connectivity index (χ3v) is 5.51. The SMILES string of the molecule is CCC1(OC(=O)CO)C2CC3CC(C2)CC1C3. The van der Waals surface area contributed by atoms with E-state index in [0.29, 0.717) is 11.8 Å². The lowest BCUT2D eigenvalue weighted by molar-refractivity contribution is -0.212. The van der Waals surface area contributed by atoms with Gasteiger partial charge in [-0.15, -0.1) is 0 Å². The van der Waals surface area contributed by atoms with Crippen molar-refractivity contribution in [3.05, 3.63) is 0 Å². The van der Waals surface area contributed by atoms with Gasteiger partial charge in [-0.2, -0.15) is 0 Å². The molecule has 4 bridgehead atoms. The van der Waals surface area contributed by atoms with Crippen molar-refractivity contribution in [3.8, 4) is 0 Å². The summed E-state index contributed by atoms with van der Waals surface area (Å²) >= 11 is 0. The summed E-state index contributed by atoms with van der Waals surface area (Å²) < 4.78 is 5.72. The molecule has 4 rings (SSSR count). The summed E-state index contributed by atoms with van der Waals surface area (Å²) in [5.41, 5.74) is -0.243. The van der Waals surface area contributed by atoms with E-state index < -0.39 is 12.6 Å². The van der Waals surface area contributed by atoms with E-state index in [4.69, 9.17) is 9.84 Å². The standard InChI is InChI=1S/C14H22O3/c1-2-14(17-13(16)8-15)11-4-9-3-10(6-11)7-12(14)5-9/h9-12,15H,2-8H2,1H3. The molecular formula is C14H22O3. The van der Waals surface area contributed by atoms with Crippen molar-refractivity contribution in [2.75, 3.05) is 6.61 Å². The van der Waals surface area contributed by atoms with Crippen LogP contribution in [0.3, 0.4) is 0 Å². The van der Waals surface area contributed by atoms with E-state index >= 15 is 0 Å². The zero-order chi connectivity index (χ0) is 12.0. The molecule has 0 aliphatic heterocycles.